The van der Waals surface area contributed by atoms with Crippen LogP contribution in [0.1, 0.15) is 35.8 Å². The van der Waals surface area contributed by atoms with Gasteiger partial charge in [0.05, 0.1) is 0 Å². The first-order chi connectivity index (χ1) is 14.7. The predicted molar refractivity (Wildman–Crippen MR) is 122 cm³/mol. The zero-order valence-electron chi connectivity index (χ0n) is 17.2. The van der Waals surface area contributed by atoms with E-state index in [1.807, 2.05) is 24.3 Å². The Kier molecular flexibility index (Phi) is 4.87. The van der Waals surface area contributed by atoms with Crippen molar-refractivity contribution in [1.82, 2.24) is 4.98 Å². The number of carbonyl (C=O) groups is 1. The van der Waals surface area contributed by atoms with Crippen LogP contribution in [0, 0.1) is 0 Å². The Labute approximate surface area is 177 Å². The first-order valence-corrected chi connectivity index (χ1v) is 10.7. The molecule has 1 fully saturated rings. The number of anilines is 4. The molecule has 5 heteroatoms. The van der Waals surface area contributed by atoms with Gasteiger partial charge in [0, 0.05) is 48.1 Å². The second-order valence-electron chi connectivity index (χ2n) is 8.15. The summed E-state index contributed by atoms with van der Waals surface area (Å²) in [5, 5.41) is 2.99. The minimum atomic E-state index is -0.189. The molecular formula is C25H26N4O. The topological polar surface area (TPSA) is 48.5 Å². The number of pyridine rings is 1. The van der Waals surface area contributed by atoms with Crippen LogP contribution in [0.3, 0.4) is 0 Å². The maximum absolute atomic E-state index is 12.8. The molecule has 0 bridgehead atoms. The molecular weight excluding hydrogens is 372 g/mol. The van der Waals surface area contributed by atoms with Crippen molar-refractivity contribution in [2.24, 2.45) is 0 Å². The highest BCUT2D eigenvalue weighted by atomic mass is 16.1. The molecule has 2 aliphatic rings. The summed E-state index contributed by atoms with van der Waals surface area (Å²) in [5.41, 5.74) is 5.97. The van der Waals surface area contributed by atoms with Gasteiger partial charge in [-0.1, -0.05) is 18.2 Å². The van der Waals surface area contributed by atoms with Gasteiger partial charge in [-0.05, 0) is 74.2 Å². The standard InChI is InChI=1S/C25H26N4O/c1-18-16-19-6-2-3-7-24(19)29(18)22-12-13-26-23(17-22)25(30)27-20-8-10-21(11-9-20)28-14-4-5-15-28/h2-3,6-13,17-18H,4-5,14-16H2,1H3,(H,27,30). The molecule has 152 valence electrons. The third-order valence-electron chi connectivity index (χ3n) is 6.06. The number of nitrogens with one attached hydrogen (secondary N) is 1. The van der Waals surface area contributed by atoms with E-state index >= 15 is 0 Å². The van der Waals surface area contributed by atoms with E-state index in [0.717, 1.165) is 30.9 Å². The Morgan fingerprint density at radius 2 is 1.77 bits per heavy atom. The van der Waals surface area contributed by atoms with Crippen LogP contribution >= 0.6 is 0 Å². The Hall–Kier alpha value is -3.34. The van der Waals surface area contributed by atoms with E-state index in [1.54, 1.807) is 6.20 Å². The van der Waals surface area contributed by atoms with Crippen LogP contribution in [0.5, 0.6) is 0 Å². The van der Waals surface area contributed by atoms with Crippen molar-refractivity contribution < 1.29 is 4.79 Å². The Morgan fingerprint density at radius 1 is 1.00 bits per heavy atom. The van der Waals surface area contributed by atoms with Gasteiger partial charge in [-0.3, -0.25) is 9.78 Å². The molecule has 0 saturated carbocycles. The molecule has 5 nitrogen and oxygen atoms in total. The van der Waals surface area contributed by atoms with Crippen LogP contribution in [0.4, 0.5) is 22.7 Å². The normalized spacial score (nSPS) is 17.8. The molecule has 1 aromatic heterocycles. The lowest BCUT2D eigenvalue weighted by Crippen LogP contribution is -2.24. The van der Waals surface area contributed by atoms with E-state index in [0.29, 0.717) is 11.7 Å². The highest BCUT2D eigenvalue weighted by Crippen LogP contribution is 2.38. The molecule has 3 aromatic rings. The largest absolute Gasteiger partial charge is 0.372 e. The van der Waals surface area contributed by atoms with Gasteiger partial charge >= 0.3 is 0 Å². The van der Waals surface area contributed by atoms with Crippen molar-refractivity contribution in [2.45, 2.75) is 32.2 Å². The molecule has 1 atom stereocenters. The van der Waals surface area contributed by atoms with E-state index in [2.05, 4.69) is 63.4 Å². The van der Waals surface area contributed by atoms with E-state index in [-0.39, 0.29) is 5.91 Å². The van der Waals surface area contributed by atoms with Gasteiger partial charge < -0.3 is 15.1 Å². The van der Waals surface area contributed by atoms with Crippen LogP contribution in [0.15, 0.2) is 66.9 Å². The predicted octanol–water partition coefficient (Wildman–Crippen LogP) is 5.02. The Balaban J connectivity index is 1.33. The first kappa shape index (κ1) is 18.7. The van der Waals surface area contributed by atoms with E-state index in [4.69, 9.17) is 0 Å². The Bertz CT molecular complexity index is 1060. The molecule has 30 heavy (non-hydrogen) atoms. The molecule has 1 saturated heterocycles. The molecule has 2 aromatic carbocycles. The molecule has 0 radical (unpaired) electrons. The zero-order chi connectivity index (χ0) is 20.5. The minimum absolute atomic E-state index is 0.189. The van der Waals surface area contributed by atoms with Crippen molar-refractivity contribution in [2.75, 3.05) is 28.2 Å². The molecule has 1 amide bonds. The molecule has 2 aliphatic heterocycles. The fourth-order valence-electron chi connectivity index (χ4n) is 4.58. The van der Waals surface area contributed by atoms with Gasteiger partial charge in [-0.25, -0.2) is 0 Å². The van der Waals surface area contributed by atoms with Crippen molar-refractivity contribution in [3.8, 4) is 0 Å². The molecule has 0 spiro atoms. The number of para-hydroxylation sites is 1. The van der Waals surface area contributed by atoms with Crippen molar-refractivity contribution in [1.29, 1.82) is 0 Å². The van der Waals surface area contributed by atoms with Crippen molar-refractivity contribution in [3.63, 3.8) is 0 Å². The van der Waals surface area contributed by atoms with Crippen LogP contribution in [0.25, 0.3) is 0 Å². The summed E-state index contributed by atoms with van der Waals surface area (Å²) in [6, 6.07) is 20.7. The number of hydrogen-bond acceptors (Lipinski definition) is 4. The van der Waals surface area contributed by atoms with Gasteiger partial charge in [0.1, 0.15) is 5.69 Å². The van der Waals surface area contributed by atoms with E-state index in [9.17, 15) is 4.79 Å². The lowest BCUT2D eigenvalue weighted by atomic mass is 10.1. The number of rotatable bonds is 4. The summed E-state index contributed by atoms with van der Waals surface area (Å²) < 4.78 is 0. The van der Waals surface area contributed by atoms with Crippen LogP contribution < -0.4 is 15.1 Å². The number of carbonyl (C=O) groups excluding carboxylic acids is 1. The molecule has 0 aliphatic carbocycles. The quantitative estimate of drug-likeness (QED) is 0.671. The lowest BCUT2D eigenvalue weighted by molar-refractivity contribution is 0.102. The maximum Gasteiger partial charge on any atom is 0.274 e. The van der Waals surface area contributed by atoms with Crippen LogP contribution in [-0.4, -0.2) is 30.0 Å². The summed E-state index contributed by atoms with van der Waals surface area (Å²) in [5.74, 6) is -0.189. The average Bonchev–Trinajstić information content (AvgIpc) is 3.41. The molecule has 1 N–H and O–H groups in total. The van der Waals surface area contributed by atoms with Gasteiger partial charge in [0.15, 0.2) is 0 Å². The number of hydrogen-bond donors (Lipinski definition) is 1. The number of amides is 1. The third kappa shape index (κ3) is 3.52. The van der Waals surface area contributed by atoms with Crippen molar-refractivity contribution >= 4 is 28.7 Å². The number of fused-ring (bicyclic) bond motifs is 1. The van der Waals surface area contributed by atoms with Gasteiger partial charge in [-0.15, -0.1) is 0 Å². The van der Waals surface area contributed by atoms with Crippen molar-refractivity contribution in [3.05, 3.63) is 78.1 Å². The lowest BCUT2D eigenvalue weighted by Gasteiger charge is -2.25. The third-order valence-corrected chi connectivity index (χ3v) is 6.06. The summed E-state index contributed by atoms with van der Waals surface area (Å²) in [6.07, 6.45) is 5.22. The highest BCUT2D eigenvalue weighted by Gasteiger charge is 2.27. The average molecular weight is 399 g/mol. The smallest absolute Gasteiger partial charge is 0.274 e. The highest BCUT2D eigenvalue weighted by molar-refractivity contribution is 6.03. The summed E-state index contributed by atoms with van der Waals surface area (Å²) in [7, 11) is 0. The second kappa shape index (κ2) is 7.82. The van der Waals surface area contributed by atoms with Gasteiger partial charge in [-0.2, -0.15) is 0 Å². The SMILES string of the molecule is CC1Cc2ccccc2N1c1ccnc(C(=O)Nc2ccc(N3CCCC3)cc2)c1. The number of benzene rings is 2. The summed E-state index contributed by atoms with van der Waals surface area (Å²) in [4.78, 5) is 21.8. The zero-order valence-corrected chi connectivity index (χ0v) is 17.2. The second-order valence-corrected chi connectivity index (χ2v) is 8.15. The van der Waals surface area contributed by atoms with Crippen LogP contribution in [-0.2, 0) is 6.42 Å². The molecule has 1 unspecified atom stereocenters. The van der Waals surface area contributed by atoms with Gasteiger partial charge in [0.2, 0.25) is 0 Å². The van der Waals surface area contributed by atoms with E-state index in [1.165, 1.54) is 29.8 Å². The van der Waals surface area contributed by atoms with E-state index < -0.39 is 0 Å². The first-order valence-electron chi connectivity index (χ1n) is 10.7. The summed E-state index contributed by atoms with van der Waals surface area (Å²) in [6.45, 7) is 4.43. The number of nitrogens with zero attached hydrogens (tertiary/aromatic N) is 3. The van der Waals surface area contributed by atoms with Gasteiger partial charge in [0.25, 0.3) is 5.91 Å². The fourth-order valence-corrected chi connectivity index (χ4v) is 4.58. The minimum Gasteiger partial charge on any atom is -0.372 e. The monoisotopic (exact) mass is 398 g/mol. The molecule has 5 rings (SSSR count). The van der Waals surface area contributed by atoms with Crippen LogP contribution in [0.2, 0.25) is 0 Å². The Morgan fingerprint density at radius 3 is 2.57 bits per heavy atom. The fraction of sp³-hybridized carbons (Fsp3) is 0.280. The number of aromatic nitrogens is 1. The summed E-state index contributed by atoms with van der Waals surface area (Å²) >= 11 is 0. The maximum atomic E-state index is 12.8. The molecule has 3 heterocycles.